The van der Waals surface area contributed by atoms with E-state index in [9.17, 15) is 26.7 Å². The molecule has 0 spiro atoms. The Morgan fingerprint density at radius 1 is 1.42 bits per heavy atom. The molecule has 19 heavy (non-hydrogen) atoms. The van der Waals surface area contributed by atoms with Gasteiger partial charge in [0, 0.05) is 11.8 Å². The Kier molecular flexibility index (Phi) is 4.62. The molecule has 0 aromatic carbocycles. The average Bonchev–Trinajstić information content (AvgIpc) is 2.32. The molecule has 0 radical (unpaired) electrons. The van der Waals surface area contributed by atoms with Gasteiger partial charge in [0.1, 0.15) is 12.5 Å². The van der Waals surface area contributed by atoms with Crippen LogP contribution in [0, 0.1) is 5.82 Å². The molecule has 4 nitrogen and oxygen atoms in total. The number of pyridine rings is 1. The number of carbonyl (C=O) groups is 1. The number of aromatic nitrogens is 1. The molecular weight excluding hydrogens is 277 g/mol. The summed E-state index contributed by atoms with van der Waals surface area (Å²) in [4.78, 5) is 14.2. The number of methoxy groups -OCH3 is 1. The lowest BCUT2D eigenvalue weighted by molar-refractivity contribution is -0.276. The van der Waals surface area contributed by atoms with Gasteiger partial charge in [-0.25, -0.2) is 13.8 Å². The number of hydrogen-bond donors (Lipinski definition) is 0. The van der Waals surface area contributed by atoms with Crippen molar-refractivity contribution in [2.45, 2.75) is 19.5 Å². The van der Waals surface area contributed by atoms with Gasteiger partial charge in [-0.1, -0.05) is 0 Å². The van der Waals surface area contributed by atoms with Crippen LogP contribution in [0.5, 0.6) is 5.88 Å². The maximum absolute atomic E-state index is 13.7. The quantitative estimate of drug-likeness (QED) is 0.629. The zero-order valence-electron chi connectivity index (χ0n) is 9.55. The SMILES string of the molecule is COC(=O)Cc1c(OC(F)(F)F)ncc(CF)c1F. The summed E-state index contributed by atoms with van der Waals surface area (Å²) in [6.07, 6.45) is -5.40. The Morgan fingerprint density at radius 2 is 2.05 bits per heavy atom. The molecule has 0 aliphatic heterocycles. The van der Waals surface area contributed by atoms with Gasteiger partial charge in [0.05, 0.1) is 19.1 Å². The van der Waals surface area contributed by atoms with E-state index < -0.39 is 48.3 Å². The first-order valence-corrected chi connectivity index (χ1v) is 4.83. The minimum absolute atomic E-state index is 0.567. The normalized spacial score (nSPS) is 11.3. The molecule has 0 saturated carbocycles. The van der Waals surface area contributed by atoms with Crippen molar-refractivity contribution < 1.29 is 36.2 Å². The molecule has 1 heterocycles. The van der Waals surface area contributed by atoms with Crippen molar-refractivity contribution in [3.05, 3.63) is 23.1 Å². The van der Waals surface area contributed by atoms with Crippen LogP contribution in [0.1, 0.15) is 11.1 Å². The van der Waals surface area contributed by atoms with Gasteiger partial charge in [0.2, 0.25) is 5.88 Å². The fourth-order valence-corrected chi connectivity index (χ4v) is 1.22. The molecule has 0 saturated heterocycles. The average molecular weight is 285 g/mol. The maximum atomic E-state index is 13.7. The predicted octanol–water partition coefficient (Wildman–Crippen LogP) is 2.30. The molecule has 0 N–H and O–H groups in total. The first-order valence-electron chi connectivity index (χ1n) is 4.83. The molecule has 106 valence electrons. The Labute approximate surface area is 104 Å². The van der Waals surface area contributed by atoms with Crippen LogP contribution in [-0.4, -0.2) is 24.4 Å². The van der Waals surface area contributed by atoms with Crippen LogP contribution < -0.4 is 4.74 Å². The van der Waals surface area contributed by atoms with Crippen LogP contribution in [0.25, 0.3) is 0 Å². The van der Waals surface area contributed by atoms with Gasteiger partial charge >= 0.3 is 12.3 Å². The molecule has 1 aromatic heterocycles. The zero-order chi connectivity index (χ0) is 14.6. The number of alkyl halides is 4. The standard InChI is InChI=1S/C10H8F5NO3/c1-18-7(17)2-6-8(12)5(3-11)4-16-9(6)19-10(13,14)15/h4H,2-3H2,1H3. The molecule has 9 heteroatoms. The summed E-state index contributed by atoms with van der Waals surface area (Å²) in [7, 11) is 0.969. The fourth-order valence-electron chi connectivity index (χ4n) is 1.22. The number of nitrogens with zero attached hydrogens (tertiary/aromatic N) is 1. The van der Waals surface area contributed by atoms with Gasteiger partial charge in [0.15, 0.2) is 0 Å². The van der Waals surface area contributed by atoms with E-state index >= 15 is 0 Å². The fraction of sp³-hybridized carbons (Fsp3) is 0.400. The molecule has 0 unspecified atom stereocenters. The van der Waals surface area contributed by atoms with Crippen molar-refractivity contribution in [2.75, 3.05) is 7.11 Å². The van der Waals surface area contributed by atoms with E-state index in [1.807, 2.05) is 0 Å². The van der Waals surface area contributed by atoms with Crippen molar-refractivity contribution in [3.63, 3.8) is 0 Å². The molecule has 0 aliphatic carbocycles. The van der Waals surface area contributed by atoms with E-state index in [0.717, 1.165) is 7.11 Å². The third-order valence-electron chi connectivity index (χ3n) is 2.05. The Bertz CT molecular complexity index is 475. The van der Waals surface area contributed by atoms with Crippen molar-refractivity contribution in [1.29, 1.82) is 0 Å². The number of rotatable bonds is 4. The summed E-state index contributed by atoms with van der Waals surface area (Å²) in [6, 6.07) is 0. The van der Waals surface area contributed by atoms with Crippen molar-refractivity contribution in [2.24, 2.45) is 0 Å². The highest BCUT2D eigenvalue weighted by molar-refractivity contribution is 5.73. The van der Waals surface area contributed by atoms with E-state index in [1.165, 1.54) is 0 Å². The number of hydrogen-bond acceptors (Lipinski definition) is 4. The second kappa shape index (κ2) is 5.81. The van der Waals surface area contributed by atoms with Crippen LogP contribution in [0.4, 0.5) is 22.0 Å². The minimum atomic E-state index is -5.11. The van der Waals surface area contributed by atoms with Crippen LogP contribution in [0.2, 0.25) is 0 Å². The number of carbonyl (C=O) groups excluding carboxylic acids is 1. The van der Waals surface area contributed by atoms with Crippen LogP contribution in [-0.2, 0) is 22.6 Å². The van der Waals surface area contributed by atoms with Crippen molar-refractivity contribution in [3.8, 4) is 5.88 Å². The van der Waals surface area contributed by atoms with Crippen molar-refractivity contribution >= 4 is 5.97 Å². The lowest BCUT2D eigenvalue weighted by Crippen LogP contribution is -2.21. The maximum Gasteiger partial charge on any atom is 0.574 e. The summed E-state index contributed by atoms with van der Waals surface area (Å²) in [6.45, 7) is -1.28. The number of ether oxygens (including phenoxy) is 2. The first kappa shape index (κ1) is 15.1. The summed E-state index contributed by atoms with van der Waals surface area (Å²) >= 11 is 0. The highest BCUT2D eigenvalue weighted by Crippen LogP contribution is 2.28. The van der Waals surface area contributed by atoms with Crippen LogP contribution in [0.3, 0.4) is 0 Å². The summed E-state index contributed by atoms with van der Waals surface area (Å²) in [5.74, 6) is -3.47. The summed E-state index contributed by atoms with van der Waals surface area (Å²) < 4.78 is 70.0. The van der Waals surface area contributed by atoms with Crippen LogP contribution in [0.15, 0.2) is 6.20 Å². The van der Waals surface area contributed by atoms with Gasteiger partial charge in [-0.05, 0) is 0 Å². The molecule has 0 amide bonds. The lowest BCUT2D eigenvalue weighted by Gasteiger charge is -2.13. The third kappa shape index (κ3) is 4.04. The second-order valence-electron chi connectivity index (χ2n) is 3.32. The Morgan fingerprint density at radius 3 is 2.53 bits per heavy atom. The van der Waals surface area contributed by atoms with Crippen molar-refractivity contribution in [1.82, 2.24) is 4.98 Å². The van der Waals surface area contributed by atoms with Gasteiger partial charge in [-0.15, -0.1) is 13.2 Å². The summed E-state index contributed by atoms with van der Waals surface area (Å²) in [5.41, 5.74) is -1.38. The topological polar surface area (TPSA) is 48.4 Å². The molecule has 0 atom stereocenters. The minimum Gasteiger partial charge on any atom is -0.469 e. The number of esters is 1. The van der Waals surface area contributed by atoms with Gasteiger partial charge in [-0.3, -0.25) is 4.79 Å². The smallest absolute Gasteiger partial charge is 0.469 e. The molecule has 1 rings (SSSR count). The van der Waals surface area contributed by atoms with E-state index in [0.29, 0.717) is 6.20 Å². The second-order valence-corrected chi connectivity index (χ2v) is 3.32. The van der Waals surface area contributed by atoms with E-state index in [4.69, 9.17) is 0 Å². The van der Waals surface area contributed by atoms with Gasteiger partial charge < -0.3 is 9.47 Å². The van der Waals surface area contributed by atoms with E-state index in [2.05, 4.69) is 14.5 Å². The highest BCUT2D eigenvalue weighted by atomic mass is 19.4. The summed E-state index contributed by atoms with van der Waals surface area (Å²) in [5, 5.41) is 0. The van der Waals surface area contributed by atoms with E-state index in [-0.39, 0.29) is 0 Å². The van der Waals surface area contributed by atoms with Gasteiger partial charge in [-0.2, -0.15) is 0 Å². The van der Waals surface area contributed by atoms with Gasteiger partial charge in [0.25, 0.3) is 0 Å². The molecular formula is C10H8F5NO3. The molecule has 1 aromatic rings. The first-order chi connectivity index (χ1) is 8.78. The highest BCUT2D eigenvalue weighted by Gasteiger charge is 2.34. The zero-order valence-corrected chi connectivity index (χ0v) is 9.55. The predicted molar refractivity (Wildman–Crippen MR) is 51.4 cm³/mol. The third-order valence-corrected chi connectivity index (χ3v) is 2.05. The molecule has 0 fully saturated rings. The Hall–Kier alpha value is -1.93. The Balaban J connectivity index is 3.22. The lowest BCUT2D eigenvalue weighted by atomic mass is 10.1. The van der Waals surface area contributed by atoms with Crippen LogP contribution >= 0.6 is 0 Å². The largest absolute Gasteiger partial charge is 0.574 e. The molecule has 0 aliphatic rings. The van der Waals surface area contributed by atoms with E-state index in [1.54, 1.807) is 0 Å². The monoisotopic (exact) mass is 285 g/mol. The molecule has 0 bridgehead atoms. The number of halogens is 5.